The molecular formula is C58H112N2O5. The van der Waals surface area contributed by atoms with Gasteiger partial charge in [0.2, 0.25) is 0 Å². The summed E-state index contributed by atoms with van der Waals surface area (Å²) in [5.74, 6) is 5.25. The maximum atomic E-state index is 12.1. The molecule has 2 amide bonds. The average molecular weight is 918 g/mol. The fraction of sp³-hybridized carbons (Fsp3) is 0.931. The van der Waals surface area contributed by atoms with Crippen LogP contribution in [-0.4, -0.2) is 51.2 Å². The van der Waals surface area contributed by atoms with E-state index >= 15 is 0 Å². The van der Waals surface area contributed by atoms with Gasteiger partial charge in [-0.3, -0.25) is 0 Å². The number of hydrogen-bond acceptors (Lipinski definition) is 5. The molecule has 0 radical (unpaired) electrons. The molecule has 0 aromatic heterocycles. The fourth-order valence-electron chi connectivity index (χ4n) is 12.2. The lowest BCUT2D eigenvalue weighted by molar-refractivity contribution is -0.0581. The minimum absolute atomic E-state index is 0.0594. The van der Waals surface area contributed by atoms with E-state index in [-0.39, 0.29) is 18.3 Å². The maximum Gasteiger partial charge on any atom is 0.407 e. The van der Waals surface area contributed by atoms with E-state index in [9.17, 15) is 9.59 Å². The van der Waals surface area contributed by atoms with Crippen LogP contribution in [0.25, 0.3) is 0 Å². The molecule has 65 heavy (non-hydrogen) atoms. The Hall–Kier alpha value is -1.76. The summed E-state index contributed by atoms with van der Waals surface area (Å²) < 4.78 is 15.6. The first kappa shape index (κ1) is 61.3. The Bertz CT molecular complexity index is 1190. The molecule has 7 nitrogen and oxygen atoms in total. The van der Waals surface area contributed by atoms with E-state index in [0.717, 1.165) is 61.2 Å². The third-order valence-corrected chi connectivity index (χ3v) is 15.9. The summed E-state index contributed by atoms with van der Waals surface area (Å²) >= 11 is 0. The smallest absolute Gasteiger partial charge is 0.407 e. The highest BCUT2D eigenvalue weighted by Gasteiger charge is 2.59. The van der Waals surface area contributed by atoms with Crippen molar-refractivity contribution in [2.24, 2.45) is 46.3 Å². The number of rotatable bonds is 28. The fourth-order valence-corrected chi connectivity index (χ4v) is 12.2. The van der Waals surface area contributed by atoms with Crippen LogP contribution < -0.4 is 10.6 Å². The van der Waals surface area contributed by atoms with Crippen LogP contribution >= 0.6 is 0 Å². The van der Waals surface area contributed by atoms with Crippen LogP contribution in [0.2, 0.25) is 0 Å². The highest BCUT2D eigenvalue weighted by Crippen LogP contribution is 2.67. The highest BCUT2D eigenvalue weighted by molar-refractivity contribution is 5.67. The molecule has 0 saturated heterocycles. The zero-order valence-corrected chi connectivity index (χ0v) is 45.5. The van der Waals surface area contributed by atoms with Gasteiger partial charge >= 0.3 is 12.2 Å². The molecule has 0 aliphatic heterocycles. The van der Waals surface area contributed by atoms with Gasteiger partial charge in [-0.15, -0.1) is 0 Å². The molecule has 0 aromatic rings. The van der Waals surface area contributed by atoms with Gasteiger partial charge in [0.05, 0.1) is 6.61 Å². The summed E-state index contributed by atoms with van der Waals surface area (Å²) in [6, 6.07) is 0. The number of unbranched alkanes of at least 4 members (excludes halogenated alkanes) is 14. The molecule has 4 rings (SSSR count). The zero-order valence-electron chi connectivity index (χ0n) is 45.5. The van der Waals surface area contributed by atoms with Crippen molar-refractivity contribution in [3.05, 3.63) is 11.6 Å². The van der Waals surface area contributed by atoms with E-state index in [1.807, 2.05) is 27.7 Å². The molecule has 4 aliphatic carbocycles. The Labute approximate surface area is 405 Å². The molecule has 4 aliphatic rings. The Morgan fingerprint density at radius 2 is 1.20 bits per heavy atom. The van der Waals surface area contributed by atoms with Crippen LogP contribution in [0.15, 0.2) is 11.6 Å². The van der Waals surface area contributed by atoms with Gasteiger partial charge in [-0.05, 0) is 111 Å². The zero-order chi connectivity index (χ0) is 48.4. The first-order valence-corrected chi connectivity index (χ1v) is 28.5. The van der Waals surface area contributed by atoms with Gasteiger partial charge < -0.3 is 24.8 Å². The number of allylic oxidation sites excluding steroid dienone is 1. The maximum absolute atomic E-state index is 12.1. The predicted molar refractivity (Wildman–Crippen MR) is 280 cm³/mol. The summed E-state index contributed by atoms with van der Waals surface area (Å²) in [5.41, 5.74) is 2.48. The minimum atomic E-state index is -0.364. The van der Waals surface area contributed by atoms with Crippen molar-refractivity contribution in [2.45, 2.75) is 269 Å². The SMILES string of the molecule is CC.CCCCCCCCCCCCCCCCC.CCCNC(=O)OC1CC[C@@]2(C)C(=CCC3C2CC[C@@]2(C)C3CC[C@@H]2C(C)CCCC(C)C)C1.CCCNC(=O)OCCOCC. The molecule has 8 atom stereocenters. The molecule has 3 fully saturated rings. The van der Waals surface area contributed by atoms with Gasteiger partial charge in [0, 0.05) is 26.1 Å². The number of alkyl carbamates (subject to hydrolysis) is 2. The summed E-state index contributed by atoms with van der Waals surface area (Å²) in [5, 5.41) is 5.48. The van der Waals surface area contributed by atoms with Crippen molar-refractivity contribution in [2.75, 3.05) is 32.9 Å². The van der Waals surface area contributed by atoms with E-state index in [0.29, 0.717) is 43.7 Å². The van der Waals surface area contributed by atoms with E-state index in [1.165, 1.54) is 154 Å². The molecule has 0 aromatic carbocycles. The van der Waals surface area contributed by atoms with Crippen molar-refractivity contribution >= 4 is 12.2 Å². The number of carbonyl (C=O) groups is 2. The first-order chi connectivity index (χ1) is 31.4. The van der Waals surface area contributed by atoms with Gasteiger partial charge in [-0.2, -0.15) is 0 Å². The van der Waals surface area contributed by atoms with Gasteiger partial charge in [0.15, 0.2) is 0 Å². The van der Waals surface area contributed by atoms with Crippen molar-refractivity contribution in [3.63, 3.8) is 0 Å². The van der Waals surface area contributed by atoms with E-state index in [2.05, 4.69) is 72.1 Å². The largest absolute Gasteiger partial charge is 0.447 e. The summed E-state index contributed by atoms with van der Waals surface area (Å²) in [4.78, 5) is 22.9. The van der Waals surface area contributed by atoms with Gasteiger partial charge in [-0.25, -0.2) is 9.59 Å². The van der Waals surface area contributed by atoms with Gasteiger partial charge in [-0.1, -0.05) is 203 Å². The monoisotopic (exact) mass is 917 g/mol. The molecule has 0 bridgehead atoms. The second kappa shape index (κ2) is 37.2. The Morgan fingerprint density at radius 3 is 1.72 bits per heavy atom. The number of carbonyl (C=O) groups excluding carboxylic acids is 2. The summed E-state index contributed by atoms with van der Waals surface area (Å²) in [6.45, 7) is 29.9. The lowest BCUT2D eigenvalue weighted by Gasteiger charge is -2.58. The van der Waals surface area contributed by atoms with Crippen molar-refractivity contribution < 1.29 is 23.8 Å². The topological polar surface area (TPSA) is 85.9 Å². The predicted octanol–water partition coefficient (Wildman–Crippen LogP) is 17.6. The number of ether oxygens (including phenoxy) is 3. The Kier molecular flexibility index (Phi) is 35.0. The van der Waals surface area contributed by atoms with Crippen LogP contribution in [0, 0.1) is 46.3 Å². The molecular weight excluding hydrogens is 805 g/mol. The Morgan fingerprint density at radius 1 is 0.646 bits per heavy atom. The number of amides is 2. The van der Waals surface area contributed by atoms with Crippen molar-refractivity contribution in [1.29, 1.82) is 0 Å². The van der Waals surface area contributed by atoms with Gasteiger partial charge in [0.25, 0.3) is 0 Å². The van der Waals surface area contributed by atoms with Crippen molar-refractivity contribution in [1.82, 2.24) is 10.6 Å². The second-order valence-corrected chi connectivity index (χ2v) is 21.3. The highest BCUT2D eigenvalue weighted by atomic mass is 16.6. The quantitative estimate of drug-likeness (QED) is 0.0603. The van der Waals surface area contributed by atoms with Crippen LogP contribution in [-0.2, 0) is 14.2 Å². The van der Waals surface area contributed by atoms with Crippen LogP contribution in [0.3, 0.4) is 0 Å². The van der Waals surface area contributed by atoms with Gasteiger partial charge in [0.1, 0.15) is 12.7 Å². The van der Waals surface area contributed by atoms with Crippen molar-refractivity contribution in [3.8, 4) is 0 Å². The third-order valence-electron chi connectivity index (χ3n) is 15.9. The molecule has 3 saturated carbocycles. The average Bonchev–Trinajstić information content (AvgIpc) is 3.66. The molecule has 5 unspecified atom stereocenters. The molecule has 0 heterocycles. The summed E-state index contributed by atoms with van der Waals surface area (Å²) in [6.07, 6.45) is 40.3. The van der Waals surface area contributed by atoms with Crippen LogP contribution in [0.1, 0.15) is 263 Å². The lowest BCUT2D eigenvalue weighted by Crippen LogP contribution is -2.51. The second-order valence-electron chi connectivity index (χ2n) is 21.3. The third kappa shape index (κ3) is 23.4. The molecule has 7 heteroatoms. The standard InChI is InChI=1S/C31H53NO2.C17H36.C8H17NO3.C2H6/c1-7-19-32-29(33)34-24-15-17-30(5)23(20-24)11-12-25-27-14-13-26(22(4)10-8-9-21(2)3)31(27,6)18-16-28(25)30;1-3-5-7-9-11-13-15-17-16-14-12-10-8-6-4-2;1-3-5-9-8(10)12-7-6-11-4-2;1-2/h11,21-22,24-28H,7-10,12-20H2,1-6H3,(H,32,33);3-17H2,1-2H3;3-7H2,1-2H3,(H,9,10);1-2H3/t22?,24?,25?,26-,27?,28?,30+,31-;;;/m1.../s1. The summed E-state index contributed by atoms with van der Waals surface area (Å²) in [7, 11) is 0. The Balaban J connectivity index is 0.000000569. The number of fused-ring (bicyclic) bond motifs is 5. The van der Waals surface area contributed by atoms with E-state index in [4.69, 9.17) is 14.2 Å². The lowest BCUT2D eigenvalue weighted by atomic mass is 9.47. The van der Waals surface area contributed by atoms with Crippen LogP contribution in [0.5, 0.6) is 0 Å². The number of hydrogen-bond donors (Lipinski definition) is 2. The van der Waals surface area contributed by atoms with E-state index in [1.54, 1.807) is 5.57 Å². The first-order valence-electron chi connectivity index (χ1n) is 28.5. The number of nitrogens with one attached hydrogen (secondary N) is 2. The normalized spacial score (nSPS) is 25.7. The minimum Gasteiger partial charge on any atom is -0.447 e. The van der Waals surface area contributed by atoms with E-state index < -0.39 is 0 Å². The molecule has 2 N–H and O–H groups in total. The van der Waals surface area contributed by atoms with Crippen LogP contribution in [0.4, 0.5) is 9.59 Å². The molecule has 384 valence electrons. The molecule has 0 spiro atoms.